The first-order chi connectivity index (χ1) is 10.3. The molecule has 21 heavy (non-hydrogen) atoms. The maximum atomic E-state index is 5.40. The zero-order valence-electron chi connectivity index (χ0n) is 13.2. The average Bonchev–Trinajstić information content (AvgIpc) is 3.05. The van der Waals surface area contributed by atoms with Crippen LogP contribution in [0.25, 0.3) is 0 Å². The Hall–Kier alpha value is -1.06. The van der Waals surface area contributed by atoms with Crippen LogP contribution in [0.15, 0.2) is 24.3 Å². The molecule has 1 aliphatic heterocycles. The van der Waals surface area contributed by atoms with Crippen LogP contribution < -0.4 is 5.32 Å². The molecule has 0 spiro atoms. The molecule has 1 unspecified atom stereocenters. The van der Waals surface area contributed by atoms with E-state index in [1.165, 1.54) is 36.9 Å². The van der Waals surface area contributed by atoms with Gasteiger partial charge in [0.25, 0.3) is 0 Å². The molecule has 3 nitrogen and oxygen atoms in total. The van der Waals surface area contributed by atoms with Crippen LogP contribution in [0.5, 0.6) is 0 Å². The lowest BCUT2D eigenvalue weighted by Crippen LogP contribution is -2.35. The van der Waals surface area contributed by atoms with Gasteiger partial charge in [0.1, 0.15) is 0 Å². The van der Waals surface area contributed by atoms with Gasteiger partial charge in [0.05, 0.1) is 13.2 Å². The molecule has 3 rings (SSSR count). The second-order valence-corrected chi connectivity index (χ2v) is 6.56. The van der Waals surface area contributed by atoms with Gasteiger partial charge in [0.15, 0.2) is 0 Å². The molecule has 3 heteroatoms. The predicted octanol–water partition coefficient (Wildman–Crippen LogP) is 3.51. The highest BCUT2D eigenvalue weighted by molar-refractivity contribution is 5.45. The molecule has 1 saturated heterocycles. The number of nitrogens with one attached hydrogen (secondary N) is 1. The molecule has 0 bridgehead atoms. The lowest BCUT2D eigenvalue weighted by molar-refractivity contribution is 0.0342. The average molecular weight is 288 g/mol. The van der Waals surface area contributed by atoms with Gasteiger partial charge in [-0.2, -0.15) is 0 Å². The number of hydrogen-bond acceptors (Lipinski definition) is 3. The third-order valence-electron chi connectivity index (χ3n) is 4.97. The molecular weight excluding hydrogens is 260 g/mol. The topological polar surface area (TPSA) is 24.5 Å². The minimum atomic E-state index is 0.595. The van der Waals surface area contributed by atoms with Gasteiger partial charge in [0, 0.05) is 31.4 Å². The largest absolute Gasteiger partial charge is 0.382 e. The Morgan fingerprint density at radius 1 is 1.14 bits per heavy atom. The molecule has 0 radical (unpaired) electrons. The smallest absolute Gasteiger partial charge is 0.0594 e. The van der Waals surface area contributed by atoms with E-state index < -0.39 is 0 Å². The summed E-state index contributed by atoms with van der Waals surface area (Å²) in [6.45, 7) is 7.23. The quantitative estimate of drug-likeness (QED) is 0.897. The molecule has 0 aromatic heterocycles. The van der Waals surface area contributed by atoms with E-state index in [0.717, 1.165) is 38.8 Å². The molecule has 1 N–H and O–H groups in total. The second-order valence-electron chi connectivity index (χ2n) is 6.56. The minimum absolute atomic E-state index is 0.595. The van der Waals surface area contributed by atoms with Gasteiger partial charge < -0.3 is 10.1 Å². The van der Waals surface area contributed by atoms with Gasteiger partial charge in [-0.15, -0.1) is 0 Å². The highest BCUT2D eigenvalue weighted by Crippen LogP contribution is 2.29. The third-order valence-corrected chi connectivity index (χ3v) is 4.97. The maximum absolute atomic E-state index is 5.40. The van der Waals surface area contributed by atoms with Crippen LogP contribution in [0.4, 0.5) is 5.69 Å². The number of nitrogens with zero attached hydrogens (tertiary/aromatic N) is 1. The molecule has 1 aromatic rings. The Morgan fingerprint density at radius 2 is 1.81 bits per heavy atom. The molecule has 2 aliphatic rings. The summed E-state index contributed by atoms with van der Waals surface area (Å²) in [7, 11) is 0. The van der Waals surface area contributed by atoms with Crippen LogP contribution in [0.2, 0.25) is 0 Å². The number of rotatable bonds is 5. The van der Waals surface area contributed by atoms with E-state index in [4.69, 9.17) is 4.74 Å². The number of ether oxygens (including phenoxy) is 1. The SMILES string of the molecule is CC(Nc1ccc(CN2CCOCC2)cc1)C1CCCC1. The summed E-state index contributed by atoms with van der Waals surface area (Å²) in [6.07, 6.45) is 5.61. The van der Waals surface area contributed by atoms with Crippen molar-refractivity contribution in [3.8, 4) is 0 Å². The Morgan fingerprint density at radius 3 is 2.48 bits per heavy atom. The van der Waals surface area contributed by atoms with Crippen molar-refractivity contribution in [3.63, 3.8) is 0 Å². The lowest BCUT2D eigenvalue weighted by atomic mass is 9.99. The fraction of sp³-hybridized carbons (Fsp3) is 0.667. The number of morpholine rings is 1. The van der Waals surface area contributed by atoms with Gasteiger partial charge in [-0.25, -0.2) is 0 Å². The predicted molar refractivity (Wildman–Crippen MR) is 87.6 cm³/mol. The van der Waals surface area contributed by atoms with Crippen molar-refractivity contribution in [2.75, 3.05) is 31.6 Å². The fourth-order valence-corrected chi connectivity index (χ4v) is 3.56. The summed E-state index contributed by atoms with van der Waals surface area (Å²) < 4.78 is 5.40. The normalized spacial score (nSPS) is 22.3. The van der Waals surface area contributed by atoms with E-state index in [9.17, 15) is 0 Å². The van der Waals surface area contributed by atoms with Crippen molar-refractivity contribution < 1.29 is 4.74 Å². The van der Waals surface area contributed by atoms with E-state index in [1.54, 1.807) is 0 Å². The molecule has 1 atom stereocenters. The molecule has 2 fully saturated rings. The highest BCUT2D eigenvalue weighted by Gasteiger charge is 2.21. The van der Waals surface area contributed by atoms with Crippen molar-refractivity contribution in [2.24, 2.45) is 5.92 Å². The molecule has 1 aromatic carbocycles. The zero-order chi connectivity index (χ0) is 14.5. The third kappa shape index (κ3) is 4.21. The zero-order valence-corrected chi connectivity index (χ0v) is 13.2. The summed E-state index contributed by atoms with van der Waals surface area (Å²) in [5.41, 5.74) is 2.66. The summed E-state index contributed by atoms with van der Waals surface area (Å²) in [6, 6.07) is 9.60. The Balaban J connectivity index is 1.51. The van der Waals surface area contributed by atoms with E-state index in [0.29, 0.717) is 6.04 Å². The second kappa shape index (κ2) is 7.28. The Labute approximate surface area is 128 Å². The molecule has 116 valence electrons. The summed E-state index contributed by atoms with van der Waals surface area (Å²) in [4.78, 5) is 2.47. The lowest BCUT2D eigenvalue weighted by Gasteiger charge is -2.26. The number of anilines is 1. The first-order valence-corrected chi connectivity index (χ1v) is 8.47. The van der Waals surface area contributed by atoms with Gasteiger partial charge in [-0.1, -0.05) is 25.0 Å². The Bertz CT molecular complexity index is 419. The van der Waals surface area contributed by atoms with Crippen LogP contribution in [0.1, 0.15) is 38.2 Å². The summed E-state index contributed by atoms with van der Waals surface area (Å²) in [5, 5.41) is 3.68. The van der Waals surface area contributed by atoms with E-state index in [-0.39, 0.29) is 0 Å². The van der Waals surface area contributed by atoms with Gasteiger partial charge >= 0.3 is 0 Å². The van der Waals surface area contributed by atoms with Crippen LogP contribution in [0, 0.1) is 5.92 Å². The van der Waals surface area contributed by atoms with Crippen molar-refractivity contribution in [2.45, 2.75) is 45.2 Å². The standard InChI is InChI=1S/C18H28N2O/c1-15(17-4-2-3-5-17)19-18-8-6-16(7-9-18)14-20-10-12-21-13-11-20/h6-9,15,17,19H,2-5,10-14H2,1H3. The number of benzene rings is 1. The van der Waals surface area contributed by atoms with Gasteiger partial charge in [-0.3, -0.25) is 4.90 Å². The van der Waals surface area contributed by atoms with Crippen molar-refractivity contribution >= 4 is 5.69 Å². The van der Waals surface area contributed by atoms with E-state index >= 15 is 0 Å². The van der Waals surface area contributed by atoms with Crippen molar-refractivity contribution in [1.82, 2.24) is 4.90 Å². The van der Waals surface area contributed by atoms with Gasteiger partial charge in [-0.05, 0) is 43.4 Å². The summed E-state index contributed by atoms with van der Waals surface area (Å²) in [5.74, 6) is 0.859. The van der Waals surface area contributed by atoms with E-state index in [1.807, 2.05) is 0 Å². The molecule has 1 aliphatic carbocycles. The maximum Gasteiger partial charge on any atom is 0.0594 e. The van der Waals surface area contributed by atoms with Crippen LogP contribution in [-0.2, 0) is 11.3 Å². The monoisotopic (exact) mass is 288 g/mol. The Kier molecular flexibility index (Phi) is 5.15. The van der Waals surface area contributed by atoms with E-state index in [2.05, 4.69) is 41.4 Å². The molecule has 0 amide bonds. The number of hydrogen-bond donors (Lipinski definition) is 1. The molecule has 1 saturated carbocycles. The first-order valence-electron chi connectivity index (χ1n) is 8.47. The summed E-state index contributed by atoms with van der Waals surface area (Å²) >= 11 is 0. The van der Waals surface area contributed by atoms with Crippen LogP contribution in [0.3, 0.4) is 0 Å². The minimum Gasteiger partial charge on any atom is -0.382 e. The molecular formula is C18H28N2O. The van der Waals surface area contributed by atoms with Gasteiger partial charge in [0.2, 0.25) is 0 Å². The van der Waals surface area contributed by atoms with Crippen LogP contribution >= 0.6 is 0 Å². The van der Waals surface area contributed by atoms with Crippen molar-refractivity contribution in [3.05, 3.63) is 29.8 Å². The van der Waals surface area contributed by atoms with Crippen LogP contribution in [-0.4, -0.2) is 37.2 Å². The van der Waals surface area contributed by atoms with Crippen molar-refractivity contribution in [1.29, 1.82) is 0 Å². The fourth-order valence-electron chi connectivity index (χ4n) is 3.56. The highest BCUT2D eigenvalue weighted by atomic mass is 16.5. The first kappa shape index (κ1) is 14.9. The molecule has 1 heterocycles.